The lowest BCUT2D eigenvalue weighted by Crippen LogP contribution is -2.25. The average Bonchev–Trinajstić information content (AvgIpc) is 2.95. The number of nitrogens with zero attached hydrogens (tertiary/aromatic N) is 2. The first-order valence-electron chi connectivity index (χ1n) is 13.7. The molecule has 42 heavy (non-hydrogen) atoms. The average molecular weight is 611 g/mol. The molecule has 222 valence electrons. The highest BCUT2D eigenvalue weighted by atomic mass is 32.2. The Balaban J connectivity index is 1.99. The lowest BCUT2D eigenvalue weighted by molar-refractivity contribution is 0.483. The molecule has 0 spiro atoms. The zero-order valence-corrected chi connectivity index (χ0v) is 25.8. The molecule has 1 heterocycles. The van der Waals surface area contributed by atoms with Crippen LogP contribution in [-0.4, -0.2) is 55.1 Å². The molecule has 0 unspecified atom stereocenters. The third-order valence-corrected chi connectivity index (χ3v) is 9.54. The van der Waals surface area contributed by atoms with Gasteiger partial charge in [-0.3, -0.25) is 4.55 Å². The molecule has 2 aromatic rings. The van der Waals surface area contributed by atoms with Gasteiger partial charge in [0.25, 0.3) is 10.1 Å². The summed E-state index contributed by atoms with van der Waals surface area (Å²) in [6.45, 7) is 5.83. The smallest absolute Gasteiger partial charge is 0.295 e. The van der Waals surface area contributed by atoms with Crippen LogP contribution in [0.1, 0.15) is 33.1 Å². The summed E-state index contributed by atoms with van der Waals surface area (Å²) in [6.07, 6.45) is 6.96. The van der Waals surface area contributed by atoms with Crippen LogP contribution in [0, 0.1) is 12.3 Å². The van der Waals surface area contributed by atoms with E-state index >= 15 is 0 Å². The number of sulfonamides is 1. The molecule has 0 aromatic heterocycles. The number of rotatable bonds is 11. The maximum absolute atomic E-state index is 13.0. The van der Waals surface area contributed by atoms with Crippen LogP contribution >= 0.6 is 0 Å². The fourth-order valence-electron chi connectivity index (χ4n) is 4.95. The van der Waals surface area contributed by atoms with Crippen LogP contribution in [0.4, 0.5) is 5.69 Å². The lowest BCUT2D eigenvalue weighted by Gasteiger charge is -2.22. The molecule has 0 amide bonds. The Bertz CT molecular complexity index is 1910. The molecule has 0 radical (unpaired) electrons. The molecule has 11 heteroatoms. The monoisotopic (exact) mass is 610 g/mol. The van der Waals surface area contributed by atoms with Crippen molar-refractivity contribution in [1.29, 1.82) is 0 Å². The van der Waals surface area contributed by atoms with E-state index in [9.17, 15) is 21.4 Å². The molecule has 0 saturated carbocycles. The summed E-state index contributed by atoms with van der Waals surface area (Å²) in [5.41, 5.74) is 2.72. The van der Waals surface area contributed by atoms with Crippen molar-refractivity contribution in [3.63, 3.8) is 0 Å². The summed E-state index contributed by atoms with van der Waals surface area (Å²) in [5.74, 6) is 3.01. The fraction of sp³-hybridized carbons (Fsp3) is 0.323. The molecule has 0 atom stereocenters. The van der Waals surface area contributed by atoms with Crippen LogP contribution < -0.4 is 19.6 Å². The number of hydrogen-bond donors (Lipinski definition) is 2. The normalized spacial score (nSPS) is 12.0. The van der Waals surface area contributed by atoms with E-state index in [2.05, 4.69) is 29.4 Å². The van der Waals surface area contributed by atoms with Gasteiger partial charge in [-0.1, -0.05) is 6.07 Å². The topological polar surface area (TPSA) is 120 Å². The van der Waals surface area contributed by atoms with E-state index in [0.29, 0.717) is 47.1 Å². The van der Waals surface area contributed by atoms with E-state index in [1.807, 2.05) is 55.1 Å². The van der Waals surface area contributed by atoms with E-state index in [0.717, 1.165) is 30.2 Å². The molecule has 9 nitrogen and oxygen atoms in total. The molecule has 2 aromatic carbocycles. The van der Waals surface area contributed by atoms with Crippen molar-refractivity contribution in [3.8, 4) is 34.8 Å². The summed E-state index contributed by atoms with van der Waals surface area (Å²) in [4.78, 5) is 1.37. The van der Waals surface area contributed by atoms with Crippen LogP contribution in [0.15, 0.2) is 68.8 Å². The van der Waals surface area contributed by atoms with Gasteiger partial charge < -0.3 is 9.32 Å². The largest absolute Gasteiger partial charge is 0.456 e. The predicted octanol–water partition coefficient (Wildman–Crippen LogP) is 4.41. The SMILES string of the molecule is C#CCCCCNS(=O)(=O)c1ccc(-c2c3ccc(=[N+](C)C)cc-3oc3cc(N(CC)CC)ccc23)c(S(=O)(=O)O)c1. The minimum absolute atomic E-state index is 0.144. The highest BCUT2D eigenvalue weighted by molar-refractivity contribution is 7.89. The van der Waals surface area contributed by atoms with E-state index in [-0.39, 0.29) is 17.0 Å². The molecule has 1 aliphatic heterocycles. The van der Waals surface area contributed by atoms with Crippen molar-refractivity contribution < 1.29 is 25.8 Å². The highest BCUT2D eigenvalue weighted by Gasteiger charge is 2.27. The zero-order chi connectivity index (χ0) is 30.7. The van der Waals surface area contributed by atoms with Crippen molar-refractivity contribution in [1.82, 2.24) is 9.30 Å². The van der Waals surface area contributed by atoms with E-state index in [1.54, 1.807) is 0 Å². The summed E-state index contributed by atoms with van der Waals surface area (Å²) in [5, 5.41) is 1.49. The van der Waals surface area contributed by atoms with Crippen LogP contribution in [0.25, 0.3) is 33.4 Å². The van der Waals surface area contributed by atoms with E-state index in [4.69, 9.17) is 10.8 Å². The quantitative estimate of drug-likeness (QED) is 0.0849. The number of benzene rings is 3. The van der Waals surface area contributed by atoms with Gasteiger partial charge in [0, 0.05) is 66.0 Å². The van der Waals surface area contributed by atoms with E-state index in [1.165, 1.54) is 12.1 Å². The lowest BCUT2D eigenvalue weighted by atomic mass is 9.93. The maximum atomic E-state index is 13.0. The molecule has 0 bridgehead atoms. The van der Waals surface area contributed by atoms with Crippen molar-refractivity contribution in [2.24, 2.45) is 0 Å². The number of anilines is 1. The zero-order valence-electron chi connectivity index (χ0n) is 24.2. The minimum Gasteiger partial charge on any atom is -0.456 e. The molecule has 1 aliphatic carbocycles. The van der Waals surface area contributed by atoms with Crippen molar-refractivity contribution >= 4 is 36.8 Å². The van der Waals surface area contributed by atoms with Gasteiger partial charge >= 0.3 is 0 Å². The first-order valence-corrected chi connectivity index (χ1v) is 16.6. The maximum Gasteiger partial charge on any atom is 0.295 e. The second kappa shape index (κ2) is 12.7. The first-order chi connectivity index (χ1) is 19.9. The number of nitrogens with one attached hydrogen (secondary N) is 1. The highest BCUT2D eigenvalue weighted by Crippen LogP contribution is 2.43. The van der Waals surface area contributed by atoms with Gasteiger partial charge in [-0.2, -0.15) is 8.42 Å². The molecule has 0 saturated heterocycles. The van der Waals surface area contributed by atoms with Gasteiger partial charge in [0.1, 0.15) is 30.3 Å². The van der Waals surface area contributed by atoms with Gasteiger partial charge in [0.15, 0.2) is 0 Å². The number of unbranched alkanes of at least 4 members (excludes halogenated alkanes) is 2. The Morgan fingerprint density at radius 2 is 1.67 bits per heavy atom. The Kier molecular flexibility index (Phi) is 9.43. The Morgan fingerprint density at radius 3 is 2.31 bits per heavy atom. The first kappa shape index (κ1) is 31.3. The summed E-state index contributed by atoms with van der Waals surface area (Å²) in [7, 11) is -5.10. The molecular formula is C31H36N3O6S2+. The second-order valence-electron chi connectivity index (χ2n) is 10.1. The summed E-state index contributed by atoms with van der Waals surface area (Å²) >= 11 is 0. The third kappa shape index (κ3) is 6.52. The number of terminal acetylenes is 1. The van der Waals surface area contributed by atoms with Crippen LogP contribution in [-0.2, 0) is 20.1 Å². The predicted molar refractivity (Wildman–Crippen MR) is 167 cm³/mol. The van der Waals surface area contributed by atoms with E-state index < -0.39 is 25.0 Å². The number of hydrogen-bond acceptors (Lipinski definition) is 6. The third-order valence-electron chi connectivity index (χ3n) is 7.18. The summed E-state index contributed by atoms with van der Waals surface area (Å²) < 4.78 is 72.7. The van der Waals surface area contributed by atoms with Crippen molar-refractivity contribution in [2.45, 2.75) is 42.9 Å². The minimum atomic E-state index is -4.85. The molecule has 4 rings (SSSR count). The van der Waals surface area contributed by atoms with Gasteiger partial charge in [-0.15, -0.1) is 12.3 Å². The van der Waals surface area contributed by atoms with Gasteiger partial charge in [-0.25, -0.2) is 17.7 Å². The van der Waals surface area contributed by atoms with Crippen LogP contribution in [0.2, 0.25) is 0 Å². The molecule has 2 aliphatic rings. The second-order valence-corrected chi connectivity index (χ2v) is 13.3. The van der Waals surface area contributed by atoms with Gasteiger partial charge in [-0.05, 0) is 57.0 Å². The standard InChI is InChI=1S/C31H35N3O6S2/c1-6-9-10-11-18-32-41(35,36)24-14-17-27(30(21-24)42(37,38)39)31-25-15-12-22(33(4)5)19-28(25)40-29-20-23(13-16-26(29)31)34(7-2)8-3/h1,12-17,19-21,32H,7-11,18H2,2-5H3/p+1. The number of fused-ring (bicyclic) bond motifs is 2. The molecular weight excluding hydrogens is 574 g/mol. The van der Waals surface area contributed by atoms with Crippen LogP contribution in [0.5, 0.6) is 0 Å². The van der Waals surface area contributed by atoms with Gasteiger partial charge in [0.2, 0.25) is 15.4 Å². The fourth-order valence-corrected chi connectivity index (χ4v) is 6.85. The van der Waals surface area contributed by atoms with Crippen molar-refractivity contribution in [2.75, 3.05) is 38.6 Å². The summed E-state index contributed by atoms with van der Waals surface area (Å²) in [6, 6.07) is 15.0. The molecule has 0 fully saturated rings. The molecule has 2 N–H and O–H groups in total. The Hall–Kier alpha value is -3.69. The Labute approximate surface area is 247 Å². The van der Waals surface area contributed by atoms with Crippen LogP contribution in [0.3, 0.4) is 0 Å². The van der Waals surface area contributed by atoms with Gasteiger partial charge in [0.05, 0.1) is 11.0 Å². The Morgan fingerprint density at radius 1 is 0.952 bits per heavy atom. The van der Waals surface area contributed by atoms with Crippen molar-refractivity contribution in [3.05, 3.63) is 60.0 Å².